The van der Waals surface area contributed by atoms with Gasteiger partial charge in [-0.05, 0) is 93.7 Å². The van der Waals surface area contributed by atoms with Crippen LogP contribution in [0.2, 0.25) is 0 Å². The van der Waals surface area contributed by atoms with E-state index in [4.69, 9.17) is 14.2 Å². The first kappa shape index (κ1) is 66.1. The van der Waals surface area contributed by atoms with Crippen molar-refractivity contribution in [1.82, 2.24) is 35.1 Å². The van der Waals surface area contributed by atoms with Gasteiger partial charge in [-0.3, -0.25) is 47.9 Å². The predicted molar refractivity (Wildman–Crippen MR) is 294 cm³/mol. The minimum absolute atomic E-state index is 0.0569. The van der Waals surface area contributed by atoms with Crippen LogP contribution in [-0.2, 0) is 68.6 Å². The van der Waals surface area contributed by atoms with Crippen molar-refractivity contribution in [3.05, 3.63) is 29.8 Å². The maximum atomic E-state index is 15.4. The summed E-state index contributed by atoms with van der Waals surface area (Å²) < 4.78 is 17.3. The Morgan fingerprint density at radius 3 is 2.04 bits per heavy atom. The Hall–Kier alpha value is -6.45. The monoisotopic (exact) mass is 1120 g/mol. The summed E-state index contributed by atoms with van der Waals surface area (Å²) in [5, 5.41) is 17.5. The van der Waals surface area contributed by atoms with E-state index < -0.39 is 150 Å². The van der Waals surface area contributed by atoms with Crippen molar-refractivity contribution in [3.63, 3.8) is 0 Å². The number of aliphatic hydroxyl groups is 1. The Labute approximate surface area is 471 Å². The van der Waals surface area contributed by atoms with Crippen LogP contribution in [-0.4, -0.2) is 196 Å². The van der Waals surface area contributed by atoms with E-state index in [0.29, 0.717) is 30.6 Å². The number of nitrogens with one attached hydrogen (secondary N) is 2. The van der Waals surface area contributed by atoms with E-state index in [1.807, 2.05) is 27.7 Å². The summed E-state index contributed by atoms with van der Waals surface area (Å²) in [6, 6.07) is -2.24. The molecule has 0 saturated carbocycles. The molecule has 0 radical (unpaired) electrons. The molecule has 22 nitrogen and oxygen atoms in total. The fourth-order valence-electron chi connectivity index (χ4n) is 10.9. The highest BCUT2D eigenvalue weighted by molar-refractivity contribution is 6.35. The standard InChI is InChI=1S/C58H89N7O15/c1-16-34(8)48-45(67)30-46(68)80-50(33(6)7)49(69)35(9)51(70)59-40(27-31(2)3)54(73)65-26-18-20-42(65)56(75)62(13)44(29-38-21-23-39(78-15)24-22-38)58(77)79-37(11)47(57(76)63(48)14)60-52(71)43(28-32(4)5)61(12)55(74)41-19-17-25-64(41)53(72)36(10)66/h21-24,31-35,37,40-45,47-48,50,67H,16-20,25-30H2,1-15H3,(H,59,70)(H,60,71)/t34-,35-,37+,40-,41-,42-,43+,44-,45-,47-,48-,50-/m0/s1. The minimum atomic E-state index is -1.76. The van der Waals surface area contributed by atoms with Crippen molar-refractivity contribution in [3.8, 4) is 5.75 Å². The largest absolute Gasteiger partial charge is 0.497 e. The molecule has 4 rings (SSSR count). The second kappa shape index (κ2) is 29.3. The molecule has 0 bridgehead atoms. The maximum absolute atomic E-state index is 15.4. The predicted octanol–water partition coefficient (Wildman–Crippen LogP) is 2.87. The van der Waals surface area contributed by atoms with E-state index in [9.17, 15) is 48.3 Å². The summed E-state index contributed by atoms with van der Waals surface area (Å²) in [5.41, 5.74) is 0.569. The van der Waals surface area contributed by atoms with Crippen LogP contribution in [0.5, 0.6) is 5.75 Å². The zero-order valence-electron chi connectivity index (χ0n) is 49.6. The number of ether oxygens (including phenoxy) is 3. The van der Waals surface area contributed by atoms with Crippen molar-refractivity contribution in [2.75, 3.05) is 41.3 Å². The zero-order chi connectivity index (χ0) is 60.2. The number of amides is 7. The summed E-state index contributed by atoms with van der Waals surface area (Å²) >= 11 is 0. The topological polar surface area (TPSA) is 276 Å². The highest BCUT2D eigenvalue weighted by atomic mass is 16.6. The Balaban J connectivity index is 1.92. The van der Waals surface area contributed by atoms with Gasteiger partial charge < -0.3 is 54.5 Å². The molecule has 22 heteroatoms. The second-order valence-electron chi connectivity index (χ2n) is 23.2. The van der Waals surface area contributed by atoms with Crippen molar-refractivity contribution >= 4 is 64.9 Å². The van der Waals surface area contributed by atoms with Crippen LogP contribution < -0.4 is 15.4 Å². The van der Waals surface area contributed by atoms with Crippen LogP contribution in [0.3, 0.4) is 0 Å². The fourth-order valence-corrected chi connectivity index (χ4v) is 10.9. The molecule has 0 aromatic heterocycles. The van der Waals surface area contributed by atoms with Crippen LogP contribution >= 0.6 is 0 Å². The number of likely N-dealkylation sites (tertiary alicyclic amines) is 1. The van der Waals surface area contributed by atoms with Gasteiger partial charge >= 0.3 is 11.9 Å². The number of benzene rings is 1. The molecule has 3 saturated heterocycles. The number of carbonyl (C=O) groups excluding carboxylic acids is 11. The van der Waals surface area contributed by atoms with Gasteiger partial charge in [-0.15, -0.1) is 0 Å². The number of carbonyl (C=O) groups is 11. The molecule has 80 heavy (non-hydrogen) atoms. The summed E-state index contributed by atoms with van der Waals surface area (Å²) in [5.74, 6) is -11.2. The molecule has 1 aromatic rings. The van der Waals surface area contributed by atoms with E-state index in [0.717, 1.165) is 11.8 Å². The molecule has 3 fully saturated rings. The molecule has 446 valence electrons. The molecule has 12 atom stereocenters. The normalized spacial score (nSPS) is 27.2. The van der Waals surface area contributed by atoms with E-state index >= 15 is 9.59 Å². The van der Waals surface area contributed by atoms with Crippen molar-refractivity contribution in [2.24, 2.45) is 29.6 Å². The van der Waals surface area contributed by atoms with E-state index in [2.05, 4.69) is 10.6 Å². The number of esters is 2. The number of ketones is 2. The molecular formula is C58H89N7O15. The average molecular weight is 1120 g/mol. The van der Waals surface area contributed by atoms with Crippen LogP contribution in [0.15, 0.2) is 24.3 Å². The number of nitrogens with zero attached hydrogens (tertiary/aromatic N) is 5. The van der Waals surface area contributed by atoms with E-state index in [1.54, 1.807) is 52.0 Å². The van der Waals surface area contributed by atoms with Gasteiger partial charge in [0.05, 0.1) is 31.6 Å². The van der Waals surface area contributed by atoms with Gasteiger partial charge in [0, 0.05) is 47.6 Å². The number of cyclic esters (lactones) is 2. The number of aliphatic hydroxyl groups excluding tert-OH is 1. The number of likely N-dealkylation sites (N-methyl/N-ethyl adjacent to an activating group) is 3. The first-order valence-electron chi connectivity index (χ1n) is 28.2. The molecule has 1 aromatic carbocycles. The lowest BCUT2D eigenvalue weighted by Gasteiger charge is -2.40. The minimum Gasteiger partial charge on any atom is -0.497 e. The van der Waals surface area contributed by atoms with Crippen LogP contribution in [0.25, 0.3) is 0 Å². The van der Waals surface area contributed by atoms with E-state index in [-0.39, 0.29) is 57.0 Å². The second-order valence-corrected chi connectivity index (χ2v) is 23.2. The van der Waals surface area contributed by atoms with Crippen LogP contribution in [0, 0.1) is 29.6 Å². The van der Waals surface area contributed by atoms with Gasteiger partial charge in [-0.2, -0.15) is 0 Å². The zero-order valence-corrected chi connectivity index (χ0v) is 49.6. The molecular weight excluding hydrogens is 1030 g/mol. The molecule has 3 N–H and O–H groups in total. The lowest BCUT2D eigenvalue weighted by atomic mass is 9.90. The van der Waals surface area contributed by atoms with Crippen LogP contribution in [0.4, 0.5) is 0 Å². The molecule has 3 heterocycles. The van der Waals surface area contributed by atoms with Crippen LogP contribution in [0.1, 0.15) is 133 Å². The fraction of sp³-hybridized carbons (Fsp3) is 0.707. The number of fused-ring (bicyclic) bond motifs is 1. The summed E-state index contributed by atoms with van der Waals surface area (Å²) in [7, 11) is 5.63. The SMILES string of the molecule is CC[C@H](C)[C@H]1[C@@H](O)CC(=O)O[C@@H](C(C)C)C(=O)[C@H](C)C(=O)N[C@@H](CC(C)C)C(=O)N2CCC[C@H]2C(=O)N(C)[C@@H](Cc2ccc(OC)cc2)C(=O)O[C@H](C)[C@H](NC(=O)[C@@H](CC(C)C)N(C)C(=O)[C@@H]2CCCN2C(=O)C(C)=O)C(=O)N1C. The quantitative estimate of drug-likeness (QED) is 0.129. The summed E-state index contributed by atoms with van der Waals surface area (Å²) in [6.07, 6.45) is -3.71. The number of Topliss-reactive ketones (excluding diaryl/α,β-unsaturated/α-hetero) is 2. The average Bonchev–Trinajstić information content (AvgIpc) is 4.11. The van der Waals surface area contributed by atoms with Crippen molar-refractivity contribution < 1.29 is 72.1 Å². The third-order valence-electron chi connectivity index (χ3n) is 15.8. The lowest BCUT2D eigenvalue weighted by Crippen LogP contribution is -2.62. The number of hydrogen-bond donors (Lipinski definition) is 3. The smallest absolute Gasteiger partial charge is 0.329 e. The maximum Gasteiger partial charge on any atom is 0.329 e. The lowest BCUT2D eigenvalue weighted by molar-refractivity contribution is -0.165. The summed E-state index contributed by atoms with van der Waals surface area (Å²) in [4.78, 5) is 163. The first-order chi connectivity index (χ1) is 37.5. The highest BCUT2D eigenvalue weighted by Crippen LogP contribution is 2.28. The Kier molecular flexibility index (Phi) is 24.2. The van der Waals surface area contributed by atoms with Gasteiger partial charge in [0.15, 0.2) is 11.9 Å². The molecule has 7 amide bonds. The molecule has 3 aliphatic heterocycles. The highest BCUT2D eigenvalue weighted by Gasteiger charge is 2.47. The summed E-state index contributed by atoms with van der Waals surface area (Å²) in [6.45, 7) is 18.2. The molecule has 0 unspecified atom stereocenters. The van der Waals surface area contributed by atoms with Gasteiger partial charge in [0.2, 0.25) is 41.2 Å². The van der Waals surface area contributed by atoms with Crippen molar-refractivity contribution in [2.45, 2.75) is 195 Å². The molecule has 0 spiro atoms. The van der Waals surface area contributed by atoms with Gasteiger partial charge in [-0.25, -0.2) is 4.79 Å². The third-order valence-corrected chi connectivity index (χ3v) is 15.8. The van der Waals surface area contributed by atoms with E-state index in [1.165, 1.54) is 61.7 Å². The number of methoxy groups -OCH3 is 1. The third kappa shape index (κ3) is 16.4. The van der Waals surface area contributed by atoms with Gasteiger partial charge in [0.25, 0.3) is 5.91 Å². The van der Waals surface area contributed by atoms with Gasteiger partial charge in [0.1, 0.15) is 48.1 Å². The number of rotatable bonds is 15. The molecule has 3 aliphatic rings. The Bertz CT molecular complexity index is 2410. The molecule has 0 aliphatic carbocycles. The van der Waals surface area contributed by atoms with Crippen molar-refractivity contribution in [1.29, 1.82) is 0 Å². The first-order valence-corrected chi connectivity index (χ1v) is 28.2. The Morgan fingerprint density at radius 2 is 1.48 bits per heavy atom. The Morgan fingerprint density at radius 1 is 0.850 bits per heavy atom. The number of hydrogen-bond acceptors (Lipinski definition) is 15. The van der Waals surface area contributed by atoms with Gasteiger partial charge in [-0.1, -0.05) is 73.9 Å².